The Kier molecular flexibility index (Phi) is 7.18. The molecular formula is C27H21ClN6O3S2. The Balaban J connectivity index is 1.17. The van der Waals surface area contributed by atoms with E-state index in [2.05, 4.69) is 25.5 Å². The number of halogens is 1. The topological polar surface area (TPSA) is 104 Å². The van der Waals surface area contributed by atoms with Gasteiger partial charge < -0.3 is 14.8 Å². The quantitative estimate of drug-likeness (QED) is 0.235. The van der Waals surface area contributed by atoms with Crippen molar-refractivity contribution in [2.45, 2.75) is 24.4 Å². The van der Waals surface area contributed by atoms with Crippen LogP contribution in [-0.4, -0.2) is 37.4 Å². The monoisotopic (exact) mass is 576 g/mol. The number of thiazole rings is 1. The number of nitrogens with one attached hydrogen (secondary N) is 1. The number of hydrogen-bond donors (Lipinski definition) is 1. The summed E-state index contributed by atoms with van der Waals surface area (Å²) in [5, 5.41) is 15.7. The fourth-order valence-corrected chi connectivity index (χ4v) is 5.92. The summed E-state index contributed by atoms with van der Waals surface area (Å²) in [4.78, 5) is 21.5. The van der Waals surface area contributed by atoms with E-state index >= 15 is 0 Å². The van der Waals surface area contributed by atoms with E-state index in [9.17, 15) is 4.79 Å². The van der Waals surface area contributed by atoms with E-state index in [4.69, 9.17) is 21.1 Å². The van der Waals surface area contributed by atoms with E-state index in [0.717, 1.165) is 27.4 Å². The fraction of sp³-hybridized carbons (Fsp3) is 0.148. The van der Waals surface area contributed by atoms with Crippen LogP contribution in [0.5, 0.6) is 11.5 Å². The highest BCUT2D eigenvalue weighted by Gasteiger charge is 2.20. The fourth-order valence-electron chi connectivity index (χ4n) is 4.02. The maximum Gasteiger partial charge on any atom is 0.271 e. The number of rotatable bonds is 8. The molecule has 3 aromatic heterocycles. The molecule has 0 saturated heterocycles. The third-order valence-electron chi connectivity index (χ3n) is 5.96. The van der Waals surface area contributed by atoms with Crippen LogP contribution in [0.3, 0.4) is 0 Å². The number of amides is 1. The van der Waals surface area contributed by atoms with Gasteiger partial charge in [-0.15, -0.1) is 21.5 Å². The molecule has 1 aliphatic rings. The minimum Gasteiger partial charge on any atom is -0.454 e. The molecule has 1 amide bonds. The maximum atomic E-state index is 12.7. The molecule has 4 heterocycles. The van der Waals surface area contributed by atoms with Crippen LogP contribution in [0.15, 0.2) is 71.5 Å². The van der Waals surface area contributed by atoms with Crippen molar-refractivity contribution in [3.05, 3.63) is 93.2 Å². The molecule has 0 atom stereocenters. The third kappa shape index (κ3) is 5.47. The van der Waals surface area contributed by atoms with Crippen molar-refractivity contribution in [1.29, 1.82) is 0 Å². The molecule has 1 aliphatic heterocycles. The minimum absolute atomic E-state index is 0.213. The molecule has 0 aliphatic carbocycles. The minimum atomic E-state index is -0.239. The smallest absolute Gasteiger partial charge is 0.271 e. The van der Waals surface area contributed by atoms with E-state index < -0.39 is 0 Å². The molecule has 1 N–H and O–H groups in total. The Morgan fingerprint density at radius 1 is 1.15 bits per heavy atom. The second-order valence-electron chi connectivity index (χ2n) is 8.60. The number of fused-ring (bicyclic) bond motifs is 1. The molecule has 12 heteroatoms. The maximum absolute atomic E-state index is 12.7. The molecule has 0 unspecified atom stereocenters. The molecule has 0 fully saturated rings. The summed E-state index contributed by atoms with van der Waals surface area (Å²) in [7, 11) is 0. The number of thioether (sulfide) groups is 1. The largest absolute Gasteiger partial charge is 0.454 e. The van der Waals surface area contributed by atoms with Crippen molar-refractivity contribution in [2.24, 2.45) is 0 Å². The van der Waals surface area contributed by atoms with E-state index in [1.54, 1.807) is 17.8 Å². The van der Waals surface area contributed by atoms with Gasteiger partial charge in [0.1, 0.15) is 10.7 Å². The number of aromatic nitrogens is 5. The Morgan fingerprint density at radius 2 is 2.05 bits per heavy atom. The zero-order valence-corrected chi connectivity index (χ0v) is 23.0. The SMILES string of the molecule is Cc1ccc(Cl)cc1-n1c(SCc2nc(C(=O)NCc3ccc4c(c3)OCO4)cs2)nnc1-c1cccnc1. The first-order valence-corrected chi connectivity index (χ1v) is 14.2. The summed E-state index contributed by atoms with van der Waals surface area (Å²) < 4.78 is 12.7. The zero-order chi connectivity index (χ0) is 26.8. The lowest BCUT2D eigenvalue weighted by Gasteiger charge is -2.13. The predicted molar refractivity (Wildman–Crippen MR) is 150 cm³/mol. The van der Waals surface area contributed by atoms with Crippen LogP contribution < -0.4 is 14.8 Å². The van der Waals surface area contributed by atoms with Gasteiger partial charge in [-0.2, -0.15) is 0 Å². The van der Waals surface area contributed by atoms with Gasteiger partial charge in [0.2, 0.25) is 6.79 Å². The summed E-state index contributed by atoms with van der Waals surface area (Å²) in [6.45, 7) is 2.59. The lowest BCUT2D eigenvalue weighted by molar-refractivity contribution is 0.0946. The molecule has 0 spiro atoms. The van der Waals surface area contributed by atoms with Crippen LogP contribution in [0.25, 0.3) is 17.1 Å². The van der Waals surface area contributed by atoms with Crippen LogP contribution in [0, 0.1) is 6.92 Å². The number of nitrogens with zero attached hydrogens (tertiary/aromatic N) is 5. The van der Waals surface area contributed by atoms with Gasteiger partial charge in [0, 0.05) is 34.9 Å². The Hall–Kier alpha value is -3.93. The average Bonchev–Trinajstić information content (AvgIpc) is 3.72. The number of hydrogen-bond acceptors (Lipinski definition) is 9. The van der Waals surface area contributed by atoms with Gasteiger partial charge in [0.05, 0.1) is 11.4 Å². The summed E-state index contributed by atoms with van der Waals surface area (Å²) in [5.41, 5.74) is 4.04. The highest BCUT2D eigenvalue weighted by atomic mass is 35.5. The summed E-state index contributed by atoms with van der Waals surface area (Å²) in [6, 6.07) is 15.1. The molecule has 196 valence electrons. The standard InChI is InChI=1S/C27H21ClN6O3S2/c1-16-4-6-19(28)10-21(16)34-25(18-3-2-8-29-12-18)32-33-27(34)39-14-24-31-20(13-38-24)26(35)30-11-17-5-7-22-23(9-17)37-15-36-22/h2-10,12-13H,11,14-15H2,1H3,(H,30,35). The summed E-state index contributed by atoms with van der Waals surface area (Å²) >= 11 is 9.26. The van der Waals surface area contributed by atoms with Crippen molar-refractivity contribution in [1.82, 2.24) is 30.0 Å². The molecule has 0 saturated carbocycles. The number of pyridine rings is 1. The van der Waals surface area contributed by atoms with Gasteiger partial charge in [-0.1, -0.05) is 35.5 Å². The molecule has 39 heavy (non-hydrogen) atoms. The van der Waals surface area contributed by atoms with Crippen molar-refractivity contribution < 1.29 is 14.3 Å². The molecule has 5 aromatic rings. The first-order chi connectivity index (χ1) is 19.0. The Bertz CT molecular complexity index is 1660. The van der Waals surface area contributed by atoms with Gasteiger partial charge in [-0.25, -0.2) is 4.98 Å². The lowest BCUT2D eigenvalue weighted by Crippen LogP contribution is -2.23. The molecule has 6 rings (SSSR count). The second-order valence-corrected chi connectivity index (χ2v) is 10.9. The highest BCUT2D eigenvalue weighted by molar-refractivity contribution is 7.98. The number of carbonyl (C=O) groups excluding carboxylic acids is 1. The van der Waals surface area contributed by atoms with E-state index in [1.165, 1.54) is 23.1 Å². The van der Waals surface area contributed by atoms with Crippen LogP contribution in [0.2, 0.25) is 5.02 Å². The van der Waals surface area contributed by atoms with Crippen molar-refractivity contribution in [2.75, 3.05) is 6.79 Å². The number of ether oxygens (including phenoxy) is 2. The average molecular weight is 577 g/mol. The predicted octanol–water partition coefficient (Wildman–Crippen LogP) is 5.70. The second kappa shape index (κ2) is 11.0. The van der Waals surface area contributed by atoms with Gasteiger partial charge >= 0.3 is 0 Å². The van der Waals surface area contributed by atoms with Crippen molar-refractivity contribution in [3.63, 3.8) is 0 Å². The van der Waals surface area contributed by atoms with E-state index in [1.807, 2.05) is 60.0 Å². The Morgan fingerprint density at radius 3 is 2.92 bits per heavy atom. The molecule has 0 bridgehead atoms. The number of aryl methyl sites for hydroxylation is 1. The molecule has 9 nitrogen and oxygen atoms in total. The van der Waals surface area contributed by atoms with E-state index in [0.29, 0.717) is 45.5 Å². The van der Waals surface area contributed by atoms with Crippen LogP contribution >= 0.6 is 34.7 Å². The normalized spacial score (nSPS) is 12.1. The van der Waals surface area contributed by atoms with Gasteiger partial charge in [-0.3, -0.25) is 14.3 Å². The van der Waals surface area contributed by atoms with Gasteiger partial charge in [0.15, 0.2) is 22.5 Å². The summed E-state index contributed by atoms with van der Waals surface area (Å²) in [5.74, 6) is 2.34. The van der Waals surface area contributed by atoms with Crippen molar-refractivity contribution in [3.8, 4) is 28.6 Å². The zero-order valence-electron chi connectivity index (χ0n) is 20.6. The van der Waals surface area contributed by atoms with E-state index in [-0.39, 0.29) is 12.7 Å². The first-order valence-electron chi connectivity index (χ1n) is 11.9. The van der Waals surface area contributed by atoms with Crippen LogP contribution in [0.1, 0.15) is 26.6 Å². The first kappa shape index (κ1) is 25.4. The van der Waals surface area contributed by atoms with Crippen molar-refractivity contribution >= 4 is 40.6 Å². The lowest BCUT2D eigenvalue weighted by atomic mass is 10.2. The number of carbonyl (C=O) groups is 1. The van der Waals surface area contributed by atoms with Crippen LogP contribution in [0.4, 0.5) is 0 Å². The highest BCUT2D eigenvalue weighted by Crippen LogP contribution is 2.33. The summed E-state index contributed by atoms with van der Waals surface area (Å²) in [6.07, 6.45) is 3.47. The third-order valence-corrected chi connectivity index (χ3v) is 8.17. The molecular weight excluding hydrogens is 556 g/mol. The number of benzene rings is 2. The van der Waals surface area contributed by atoms with Crippen LogP contribution in [-0.2, 0) is 12.3 Å². The molecule has 2 aromatic carbocycles. The van der Waals surface area contributed by atoms with Gasteiger partial charge in [-0.05, 0) is 54.4 Å². The Labute approximate surface area is 237 Å². The molecule has 0 radical (unpaired) electrons. The van der Waals surface area contributed by atoms with Gasteiger partial charge in [0.25, 0.3) is 5.91 Å².